The van der Waals surface area contributed by atoms with E-state index in [-0.39, 0.29) is 6.10 Å². The van der Waals surface area contributed by atoms with Crippen LogP contribution in [0, 0.1) is 0 Å². The molecule has 0 aromatic heterocycles. The SMILES string of the molecule is C[C@H](O)c1ccc2c3c(cccc13)CC2. The lowest BCUT2D eigenvalue weighted by Crippen LogP contribution is -1.93. The molecule has 0 bridgehead atoms. The fraction of sp³-hybridized carbons (Fsp3) is 0.286. The lowest BCUT2D eigenvalue weighted by Gasteiger charge is -2.10. The van der Waals surface area contributed by atoms with Crippen LogP contribution in [0.2, 0.25) is 0 Å². The first-order valence-corrected chi connectivity index (χ1v) is 5.49. The number of aryl methyl sites for hydroxylation is 2. The van der Waals surface area contributed by atoms with Gasteiger partial charge in [0.2, 0.25) is 0 Å². The molecule has 1 aliphatic carbocycles. The first-order chi connectivity index (χ1) is 7.27. The summed E-state index contributed by atoms with van der Waals surface area (Å²) in [5.41, 5.74) is 3.92. The van der Waals surface area contributed by atoms with E-state index in [1.54, 1.807) is 0 Å². The molecule has 1 N–H and O–H groups in total. The van der Waals surface area contributed by atoms with Crippen LogP contribution in [0.3, 0.4) is 0 Å². The second kappa shape index (κ2) is 3.07. The molecule has 15 heavy (non-hydrogen) atoms. The summed E-state index contributed by atoms with van der Waals surface area (Å²) < 4.78 is 0. The Morgan fingerprint density at radius 2 is 1.80 bits per heavy atom. The van der Waals surface area contributed by atoms with E-state index in [1.807, 2.05) is 6.92 Å². The van der Waals surface area contributed by atoms with Crippen LogP contribution in [-0.4, -0.2) is 5.11 Å². The number of aliphatic hydroxyl groups excluding tert-OH is 1. The molecule has 0 amide bonds. The molecule has 3 rings (SSSR count). The fourth-order valence-corrected chi connectivity index (χ4v) is 2.63. The normalized spacial score (nSPS) is 15.9. The van der Waals surface area contributed by atoms with Crippen molar-refractivity contribution in [1.82, 2.24) is 0 Å². The van der Waals surface area contributed by atoms with Gasteiger partial charge in [0, 0.05) is 0 Å². The first-order valence-electron chi connectivity index (χ1n) is 5.49. The topological polar surface area (TPSA) is 20.2 Å². The maximum atomic E-state index is 9.72. The summed E-state index contributed by atoms with van der Waals surface area (Å²) in [6.07, 6.45) is 1.92. The van der Waals surface area contributed by atoms with Gasteiger partial charge in [0.15, 0.2) is 0 Å². The summed E-state index contributed by atoms with van der Waals surface area (Å²) in [6, 6.07) is 10.7. The highest BCUT2D eigenvalue weighted by atomic mass is 16.3. The number of benzene rings is 2. The monoisotopic (exact) mass is 198 g/mol. The van der Waals surface area contributed by atoms with Crippen LogP contribution in [-0.2, 0) is 12.8 Å². The largest absolute Gasteiger partial charge is 0.389 e. The molecular formula is C14H14O. The third-order valence-corrected chi connectivity index (χ3v) is 3.36. The van der Waals surface area contributed by atoms with Gasteiger partial charge in [-0.2, -0.15) is 0 Å². The van der Waals surface area contributed by atoms with Crippen LogP contribution < -0.4 is 0 Å². The molecule has 0 saturated heterocycles. The predicted octanol–water partition coefficient (Wildman–Crippen LogP) is 2.99. The predicted molar refractivity (Wildman–Crippen MR) is 62.0 cm³/mol. The molecule has 0 heterocycles. The second-order valence-electron chi connectivity index (χ2n) is 4.33. The van der Waals surface area contributed by atoms with Crippen molar-refractivity contribution in [1.29, 1.82) is 0 Å². The van der Waals surface area contributed by atoms with Crippen molar-refractivity contribution in [3.8, 4) is 0 Å². The van der Waals surface area contributed by atoms with E-state index in [0.717, 1.165) is 18.4 Å². The Balaban J connectivity index is 2.43. The number of hydrogen-bond acceptors (Lipinski definition) is 1. The minimum atomic E-state index is -0.380. The van der Waals surface area contributed by atoms with E-state index in [0.29, 0.717) is 0 Å². The summed E-state index contributed by atoms with van der Waals surface area (Å²) in [5, 5.41) is 12.3. The average Bonchev–Trinajstić information content (AvgIpc) is 2.64. The summed E-state index contributed by atoms with van der Waals surface area (Å²) in [4.78, 5) is 0. The molecule has 1 heteroatoms. The third kappa shape index (κ3) is 1.20. The fourth-order valence-electron chi connectivity index (χ4n) is 2.63. The second-order valence-corrected chi connectivity index (χ2v) is 4.33. The lowest BCUT2D eigenvalue weighted by atomic mass is 9.97. The van der Waals surface area contributed by atoms with E-state index in [9.17, 15) is 5.11 Å². The molecule has 1 nitrogen and oxygen atoms in total. The van der Waals surface area contributed by atoms with Gasteiger partial charge in [0.25, 0.3) is 0 Å². The average molecular weight is 198 g/mol. The van der Waals surface area contributed by atoms with Crippen molar-refractivity contribution >= 4 is 10.8 Å². The van der Waals surface area contributed by atoms with Gasteiger partial charge in [0.1, 0.15) is 0 Å². The Kier molecular flexibility index (Phi) is 1.83. The number of rotatable bonds is 1. The van der Waals surface area contributed by atoms with Crippen LogP contribution in [0.15, 0.2) is 30.3 Å². The Bertz CT molecular complexity index is 516. The maximum Gasteiger partial charge on any atom is 0.0767 e. The van der Waals surface area contributed by atoms with Crippen LogP contribution in [0.5, 0.6) is 0 Å². The van der Waals surface area contributed by atoms with E-state index >= 15 is 0 Å². The molecule has 0 saturated carbocycles. The molecule has 2 aromatic carbocycles. The van der Waals surface area contributed by atoms with Gasteiger partial charge in [-0.1, -0.05) is 30.3 Å². The summed E-state index contributed by atoms with van der Waals surface area (Å²) in [5.74, 6) is 0. The highest BCUT2D eigenvalue weighted by Crippen LogP contribution is 2.34. The summed E-state index contributed by atoms with van der Waals surface area (Å²) in [7, 11) is 0. The van der Waals surface area contributed by atoms with Crippen LogP contribution in [0.25, 0.3) is 10.8 Å². The van der Waals surface area contributed by atoms with Crippen molar-refractivity contribution in [3.63, 3.8) is 0 Å². The van der Waals surface area contributed by atoms with Crippen molar-refractivity contribution in [2.45, 2.75) is 25.9 Å². The van der Waals surface area contributed by atoms with E-state index in [4.69, 9.17) is 0 Å². The van der Waals surface area contributed by atoms with E-state index < -0.39 is 0 Å². The zero-order valence-corrected chi connectivity index (χ0v) is 8.83. The van der Waals surface area contributed by atoms with Gasteiger partial charge in [0.05, 0.1) is 6.10 Å². The molecule has 0 radical (unpaired) electrons. The molecule has 1 aliphatic rings. The minimum Gasteiger partial charge on any atom is -0.389 e. The van der Waals surface area contributed by atoms with Crippen molar-refractivity contribution in [3.05, 3.63) is 47.0 Å². The quantitative estimate of drug-likeness (QED) is 0.746. The van der Waals surface area contributed by atoms with Crippen LogP contribution >= 0.6 is 0 Å². The Morgan fingerprint density at radius 3 is 2.53 bits per heavy atom. The van der Waals surface area contributed by atoms with E-state index in [2.05, 4.69) is 30.3 Å². The van der Waals surface area contributed by atoms with Gasteiger partial charge < -0.3 is 5.11 Å². The van der Waals surface area contributed by atoms with Crippen LogP contribution in [0.4, 0.5) is 0 Å². The van der Waals surface area contributed by atoms with Crippen molar-refractivity contribution in [2.75, 3.05) is 0 Å². The summed E-state index contributed by atoms with van der Waals surface area (Å²) in [6.45, 7) is 1.83. The number of aliphatic hydroxyl groups is 1. The Morgan fingerprint density at radius 1 is 1.07 bits per heavy atom. The van der Waals surface area contributed by atoms with Gasteiger partial charge in [-0.05, 0) is 47.2 Å². The Labute approximate surface area is 89.4 Å². The third-order valence-electron chi connectivity index (χ3n) is 3.36. The molecule has 0 aliphatic heterocycles. The molecule has 0 fully saturated rings. The highest BCUT2D eigenvalue weighted by Gasteiger charge is 2.16. The van der Waals surface area contributed by atoms with Gasteiger partial charge in [-0.25, -0.2) is 0 Å². The molecule has 1 atom stereocenters. The molecule has 0 unspecified atom stereocenters. The highest BCUT2D eigenvalue weighted by molar-refractivity contribution is 5.93. The van der Waals surface area contributed by atoms with Gasteiger partial charge in [-0.3, -0.25) is 0 Å². The molecular weight excluding hydrogens is 184 g/mol. The van der Waals surface area contributed by atoms with Crippen LogP contribution in [0.1, 0.15) is 29.7 Å². The summed E-state index contributed by atoms with van der Waals surface area (Å²) >= 11 is 0. The smallest absolute Gasteiger partial charge is 0.0767 e. The maximum absolute atomic E-state index is 9.72. The molecule has 2 aromatic rings. The van der Waals surface area contributed by atoms with Crippen molar-refractivity contribution < 1.29 is 5.11 Å². The molecule has 0 spiro atoms. The zero-order chi connectivity index (χ0) is 10.4. The zero-order valence-electron chi connectivity index (χ0n) is 8.83. The standard InChI is InChI=1S/C14H14O/c1-9(15)12-8-7-11-6-5-10-3-2-4-13(12)14(10)11/h2-4,7-9,15H,5-6H2,1H3/t9-/m0/s1. The molecule has 76 valence electrons. The van der Waals surface area contributed by atoms with Gasteiger partial charge >= 0.3 is 0 Å². The number of hydrogen-bond donors (Lipinski definition) is 1. The van der Waals surface area contributed by atoms with Crippen molar-refractivity contribution in [2.24, 2.45) is 0 Å². The lowest BCUT2D eigenvalue weighted by molar-refractivity contribution is 0.201. The Hall–Kier alpha value is -1.34. The van der Waals surface area contributed by atoms with Gasteiger partial charge in [-0.15, -0.1) is 0 Å². The van der Waals surface area contributed by atoms with E-state index in [1.165, 1.54) is 21.9 Å². The first kappa shape index (κ1) is 8.93. The minimum absolute atomic E-state index is 0.380.